The molecule has 0 N–H and O–H groups in total. The normalized spacial score (nSPS) is 19.9. The lowest BCUT2D eigenvalue weighted by molar-refractivity contribution is -0.131. The Morgan fingerprint density at radius 3 is 2.80 bits per heavy atom. The van der Waals surface area contributed by atoms with E-state index in [1.165, 1.54) is 25.7 Å². The third-order valence-corrected chi connectivity index (χ3v) is 5.06. The molecule has 0 aromatic carbocycles. The third kappa shape index (κ3) is 3.37. The van der Waals surface area contributed by atoms with Crippen LogP contribution in [0, 0.1) is 12.8 Å². The Bertz CT molecular complexity index is 480. The Balaban J connectivity index is 1.49. The number of carbonyl (C=O) groups excluding carboxylic acids is 1. The predicted octanol–water partition coefficient (Wildman–Crippen LogP) is 3.01. The first kappa shape index (κ1) is 14.0. The summed E-state index contributed by atoms with van der Waals surface area (Å²) in [6.07, 6.45) is 4.97. The Hall–Kier alpha value is -0.970. The summed E-state index contributed by atoms with van der Waals surface area (Å²) in [5.74, 6) is 3.18. The van der Waals surface area contributed by atoms with Crippen molar-refractivity contribution in [1.29, 1.82) is 0 Å². The summed E-state index contributed by atoms with van der Waals surface area (Å²) in [6, 6.07) is 2.89. The Morgan fingerprint density at radius 2 is 2.25 bits per heavy atom. The molecular weight excluding hydrogens is 272 g/mol. The number of rotatable bonds is 7. The van der Waals surface area contributed by atoms with E-state index in [0.29, 0.717) is 23.7 Å². The zero-order valence-corrected chi connectivity index (χ0v) is 13.0. The van der Waals surface area contributed by atoms with Gasteiger partial charge in [-0.05, 0) is 45.4 Å². The Morgan fingerprint density at radius 1 is 1.50 bits per heavy atom. The summed E-state index contributed by atoms with van der Waals surface area (Å²) in [5.41, 5.74) is 0.897. The van der Waals surface area contributed by atoms with Crippen molar-refractivity contribution in [2.24, 2.45) is 5.92 Å². The van der Waals surface area contributed by atoms with E-state index in [1.807, 2.05) is 13.0 Å². The van der Waals surface area contributed by atoms with E-state index in [-0.39, 0.29) is 0 Å². The minimum absolute atomic E-state index is 0.299. The van der Waals surface area contributed by atoms with Gasteiger partial charge in [-0.1, -0.05) is 5.16 Å². The van der Waals surface area contributed by atoms with Gasteiger partial charge in [-0.3, -0.25) is 4.79 Å². The van der Waals surface area contributed by atoms with Crippen molar-refractivity contribution >= 4 is 17.7 Å². The lowest BCUT2D eigenvalue weighted by atomic mass is 10.2. The molecule has 1 unspecified atom stereocenters. The fourth-order valence-electron chi connectivity index (χ4n) is 2.72. The molecule has 1 atom stereocenters. The van der Waals surface area contributed by atoms with Gasteiger partial charge in [-0.2, -0.15) is 0 Å². The molecule has 20 heavy (non-hydrogen) atoms. The van der Waals surface area contributed by atoms with Crippen molar-refractivity contribution in [1.82, 2.24) is 10.1 Å². The Labute approximate surface area is 124 Å². The fourth-order valence-corrected chi connectivity index (χ4v) is 3.48. The number of nitrogens with zero attached hydrogens (tertiary/aromatic N) is 2. The van der Waals surface area contributed by atoms with E-state index in [2.05, 4.69) is 17.0 Å². The summed E-state index contributed by atoms with van der Waals surface area (Å²) in [5, 5.41) is 3.86. The maximum atomic E-state index is 12.5. The van der Waals surface area contributed by atoms with Gasteiger partial charge >= 0.3 is 0 Å². The van der Waals surface area contributed by atoms with Gasteiger partial charge in [0.15, 0.2) is 0 Å². The zero-order valence-electron chi connectivity index (χ0n) is 12.2. The van der Waals surface area contributed by atoms with Crippen molar-refractivity contribution in [2.45, 2.75) is 57.4 Å². The van der Waals surface area contributed by atoms with Crippen LogP contribution in [0.5, 0.6) is 0 Å². The zero-order chi connectivity index (χ0) is 14.1. The maximum Gasteiger partial charge on any atom is 0.233 e. The largest absolute Gasteiger partial charge is 0.360 e. The summed E-state index contributed by atoms with van der Waals surface area (Å²) in [7, 11) is 0. The molecule has 1 aromatic heterocycles. The standard InChI is InChI=1S/C15H22N2O2S/c1-10-7-14(19-16-10)8-20-9-15(18)17(13-5-6-13)11(2)12-3-4-12/h7,11-13H,3-6,8-9H2,1-2H3. The number of aromatic nitrogens is 1. The second-order valence-corrected chi connectivity index (χ2v) is 7.02. The monoisotopic (exact) mass is 294 g/mol. The van der Waals surface area contributed by atoms with Crippen molar-refractivity contribution in [3.63, 3.8) is 0 Å². The van der Waals surface area contributed by atoms with Crippen LogP contribution in [0.15, 0.2) is 10.6 Å². The van der Waals surface area contributed by atoms with Crippen LogP contribution in [0.2, 0.25) is 0 Å². The lowest BCUT2D eigenvalue weighted by Crippen LogP contribution is -2.42. The molecule has 0 radical (unpaired) electrons. The van der Waals surface area contributed by atoms with Gasteiger partial charge in [0.1, 0.15) is 5.76 Å². The predicted molar refractivity (Wildman–Crippen MR) is 79.5 cm³/mol. The van der Waals surface area contributed by atoms with E-state index in [9.17, 15) is 4.79 Å². The first-order valence-electron chi connectivity index (χ1n) is 7.46. The van der Waals surface area contributed by atoms with Gasteiger partial charge in [0, 0.05) is 18.2 Å². The second-order valence-electron chi connectivity index (χ2n) is 6.04. The first-order chi connectivity index (χ1) is 9.65. The van der Waals surface area contributed by atoms with Gasteiger partial charge in [0.2, 0.25) is 5.91 Å². The molecule has 0 spiro atoms. The highest BCUT2D eigenvalue weighted by atomic mass is 32.2. The van der Waals surface area contributed by atoms with Crippen molar-refractivity contribution < 1.29 is 9.32 Å². The molecule has 2 fully saturated rings. The molecule has 4 nitrogen and oxygen atoms in total. The molecule has 2 aliphatic carbocycles. The highest BCUT2D eigenvalue weighted by Crippen LogP contribution is 2.40. The molecule has 3 rings (SSSR count). The number of thioether (sulfide) groups is 1. The smallest absolute Gasteiger partial charge is 0.233 e. The quantitative estimate of drug-likeness (QED) is 0.775. The second kappa shape index (κ2) is 5.80. The van der Waals surface area contributed by atoms with Crippen LogP contribution in [-0.4, -0.2) is 33.8 Å². The number of carbonyl (C=O) groups is 1. The van der Waals surface area contributed by atoms with E-state index >= 15 is 0 Å². The van der Waals surface area contributed by atoms with Crippen LogP contribution in [0.1, 0.15) is 44.1 Å². The molecular formula is C15H22N2O2S. The summed E-state index contributed by atoms with van der Waals surface area (Å²) < 4.78 is 5.17. The summed E-state index contributed by atoms with van der Waals surface area (Å²) in [4.78, 5) is 14.6. The van der Waals surface area contributed by atoms with Crippen LogP contribution in [0.25, 0.3) is 0 Å². The molecule has 5 heteroatoms. The summed E-state index contributed by atoms with van der Waals surface area (Å²) >= 11 is 1.63. The highest BCUT2D eigenvalue weighted by Gasteiger charge is 2.41. The SMILES string of the molecule is Cc1cc(CSCC(=O)N(C2CC2)C(C)C2CC2)on1. The van der Waals surface area contributed by atoms with E-state index in [4.69, 9.17) is 4.52 Å². The highest BCUT2D eigenvalue weighted by molar-refractivity contribution is 7.99. The Kier molecular flexibility index (Phi) is 4.06. The van der Waals surface area contributed by atoms with Crippen molar-refractivity contribution in [2.75, 3.05) is 5.75 Å². The molecule has 2 saturated carbocycles. The van der Waals surface area contributed by atoms with Crippen LogP contribution in [0.4, 0.5) is 0 Å². The first-order valence-corrected chi connectivity index (χ1v) is 8.61. The molecule has 0 bridgehead atoms. The van der Waals surface area contributed by atoms with Gasteiger partial charge in [-0.25, -0.2) is 0 Å². The van der Waals surface area contributed by atoms with Crippen LogP contribution in [-0.2, 0) is 10.5 Å². The minimum atomic E-state index is 0.299. The van der Waals surface area contributed by atoms with E-state index < -0.39 is 0 Å². The molecule has 0 saturated heterocycles. The van der Waals surface area contributed by atoms with Crippen molar-refractivity contribution in [3.8, 4) is 0 Å². The number of hydrogen-bond acceptors (Lipinski definition) is 4. The van der Waals surface area contributed by atoms with Crippen LogP contribution < -0.4 is 0 Å². The van der Waals surface area contributed by atoms with Gasteiger partial charge in [-0.15, -0.1) is 11.8 Å². The van der Waals surface area contributed by atoms with E-state index in [1.54, 1.807) is 11.8 Å². The molecule has 1 amide bonds. The third-order valence-electron chi connectivity index (χ3n) is 4.12. The molecule has 2 aliphatic rings. The van der Waals surface area contributed by atoms with Gasteiger partial charge in [0.05, 0.1) is 17.2 Å². The summed E-state index contributed by atoms with van der Waals surface area (Å²) in [6.45, 7) is 4.13. The minimum Gasteiger partial charge on any atom is -0.360 e. The molecule has 0 aliphatic heterocycles. The van der Waals surface area contributed by atoms with Crippen LogP contribution >= 0.6 is 11.8 Å². The number of aryl methyl sites for hydroxylation is 1. The average molecular weight is 294 g/mol. The number of amides is 1. The molecule has 1 aromatic rings. The average Bonchev–Trinajstić information content (AvgIpc) is 3.30. The van der Waals surface area contributed by atoms with Gasteiger partial charge in [0.25, 0.3) is 0 Å². The topological polar surface area (TPSA) is 46.3 Å². The van der Waals surface area contributed by atoms with Crippen molar-refractivity contribution in [3.05, 3.63) is 17.5 Å². The number of hydrogen-bond donors (Lipinski definition) is 0. The van der Waals surface area contributed by atoms with E-state index in [0.717, 1.165) is 23.1 Å². The molecule has 1 heterocycles. The molecule has 110 valence electrons. The van der Waals surface area contributed by atoms with Gasteiger partial charge < -0.3 is 9.42 Å². The maximum absolute atomic E-state index is 12.5. The lowest BCUT2D eigenvalue weighted by Gasteiger charge is -2.29. The van der Waals surface area contributed by atoms with Crippen LogP contribution in [0.3, 0.4) is 0 Å². The fraction of sp³-hybridized carbons (Fsp3) is 0.733.